The standard InChI is InChI=1S/C12H23BrO2/c13-9-5-2-1-3-7-11(14)12-8-4-6-10-15-12/h11-12,14H,1-10H2. The molecule has 0 amide bonds. The van der Waals surface area contributed by atoms with E-state index in [2.05, 4.69) is 15.9 Å². The van der Waals surface area contributed by atoms with E-state index < -0.39 is 0 Å². The molecule has 1 saturated heterocycles. The summed E-state index contributed by atoms with van der Waals surface area (Å²) in [7, 11) is 0. The molecule has 0 radical (unpaired) electrons. The molecule has 1 aliphatic rings. The normalized spacial score (nSPS) is 24.0. The van der Waals surface area contributed by atoms with Crippen molar-refractivity contribution < 1.29 is 9.84 Å². The average molecular weight is 279 g/mol. The molecule has 2 nitrogen and oxygen atoms in total. The second kappa shape index (κ2) is 8.54. The van der Waals surface area contributed by atoms with Gasteiger partial charge in [0.2, 0.25) is 0 Å². The number of alkyl halides is 1. The van der Waals surface area contributed by atoms with Crippen molar-refractivity contribution >= 4 is 15.9 Å². The van der Waals surface area contributed by atoms with Crippen molar-refractivity contribution in [2.45, 2.75) is 63.6 Å². The number of hydrogen-bond donors (Lipinski definition) is 1. The fraction of sp³-hybridized carbons (Fsp3) is 1.00. The smallest absolute Gasteiger partial charge is 0.0833 e. The highest BCUT2D eigenvalue weighted by Gasteiger charge is 2.21. The third-order valence-electron chi connectivity index (χ3n) is 3.03. The molecule has 1 rings (SSSR count). The topological polar surface area (TPSA) is 29.5 Å². The zero-order chi connectivity index (χ0) is 10.9. The second-order valence-corrected chi connectivity index (χ2v) is 5.16. The van der Waals surface area contributed by atoms with Gasteiger partial charge in [0, 0.05) is 11.9 Å². The third kappa shape index (κ3) is 5.88. The highest BCUT2D eigenvalue weighted by atomic mass is 79.9. The van der Waals surface area contributed by atoms with Crippen LogP contribution < -0.4 is 0 Å². The van der Waals surface area contributed by atoms with Gasteiger partial charge in [-0.15, -0.1) is 0 Å². The Bertz CT molecular complexity index is 147. The Kier molecular flexibility index (Phi) is 7.67. The van der Waals surface area contributed by atoms with E-state index in [0.29, 0.717) is 0 Å². The van der Waals surface area contributed by atoms with Gasteiger partial charge in [0.05, 0.1) is 12.2 Å². The molecular weight excluding hydrogens is 256 g/mol. The van der Waals surface area contributed by atoms with E-state index >= 15 is 0 Å². The van der Waals surface area contributed by atoms with Crippen LogP contribution in [0.25, 0.3) is 0 Å². The van der Waals surface area contributed by atoms with Gasteiger partial charge in [-0.2, -0.15) is 0 Å². The number of unbranched alkanes of at least 4 members (excludes halogenated alkanes) is 3. The quantitative estimate of drug-likeness (QED) is 0.572. The lowest BCUT2D eigenvalue weighted by molar-refractivity contribution is -0.0648. The fourth-order valence-electron chi connectivity index (χ4n) is 2.06. The molecule has 3 heteroatoms. The van der Waals surface area contributed by atoms with Crippen LogP contribution in [0.1, 0.15) is 51.4 Å². The van der Waals surface area contributed by atoms with E-state index in [0.717, 1.165) is 37.6 Å². The molecule has 1 heterocycles. The van der Waals surface area contributed by atoms with Crippen molar-refractivity contribution in [3.8, 4) is 0 Å². The molecular formula is C12H23BrO2. The minimum atomic E-state index is -0.228. The van der Waals surface area contributed by atoms with E-state index in [9.17, 15) is 5.11 Å². The molecule has 0 aromatic rings. The zero-order valence-electron chi connectivity index (χ0n) is 9.46. The summed E-state index contributed by atoms with van der Waals surface area (Å²) in [4.78, 5) is 0. The molecule has 1 aliphatic heterocycles. The summed E-state index contributed by atoms with van der Waals surface area (Å²) in [6, 6.07) is 0. The van der Waals surface area contributed by atoms with Crippen LogP contribution in [0.15, 0.2) is 0 Å². The van der Waals surface area contributed by atoms with Crippen molar-refractivity contribution in [1.82, 2.24) is 0 Å². The van der Waals surface area contributed by atoms with Crippen LogP contribution in [0, 0.1) is 0 Å². The van der Waals surface area contributed by atoms with E-state index in [1.54, 1.807) is 0 Å². The van der Waals surface area contributed by atoms with Crippen molar-refractivity contribution in [2.24, 2.45) is 0 Å². The van der Waals surface area contributed by atoms with Gasteiger partial charge in [0.25, 0.3) is 0 Å². The van der Waals surface area contributed by atoms with Gasteiger partial charge < -0.3 is 9.84 Å². The van der Waals surface area contributed by atoms with Crippen LogP contribution in [-0.2, 0) is 4.74 Å². The molecule has 0 bridgehead atoms. The van der Waals surface area contributed by atoms with Crippen LogP contribution in [0.3, 0.4) is 0 Å². The number of hydrogen-bond acceptors (Lipinski definition) is 2. The van der Waals surface area contributed by atoms with Crippen LogP contribution >= 0.6 is 15.9 Å². The molecule has 1 N–H and O–H groups in total. The Morgan fingerprint density at radius 2 is 2.00 bits per heavy atom. The molecule has 0 saturated carbocycles. The van der Waals surface area contributed by atoms with Crippen molar-refractivity contribution in [1.29, 1.82) is 0 Å². The zero-order valence-corrected chi connectivity index (χ0v) is 11.0. The minimum absolute atomic E-state index is 0.120. The highest BCUT2D eigenvalue weighted by Crippen LogP contribution is 2.19. The van der Waals surface area contributed by atoms with E-state index in [1.807, 2.05) is 0 Å². The van der Waals surface area contributed by atoms with Gasteiger partial charge in [-0.3, -0.25) is 0 Å². The number of aliphatic hydroxyl groups is 1. The Morgan fingerprint density at radius 3 is 2.67 bits per heavy atom. The first kappa shape index (κ1) is 13.5. The van der Waals surface area contributed by atoms with Gasteiger partial charge >= 0.3 is 0 Å². The van der Waals surface area contributed by atoms with Crippen LogP contribution in [-0.4, -0.2) is 29.3 Å². The molecule has 2 unspecified atom stereocenters. The first-order chi connectivity index (χ1) is 7.34. The summed E-state index contributed by atoms with van der Waals surface area (Å²) in [6.07, 6.45) is 9.10. The van der Waals surface area contributed by atoms with Gasteiger partial charge in [0.15, 0.2) is 0 Å². The van der Waals surface area contributed by atoms with E-state index in [-0.39, 0.29) is 12.2 Å². The monoisotopic (exact) mass is 278 g/mol. The third-order valence-corrected chi connectivity index (χ3v) is 3.59. The lowest BCUT2D eigenvalue weighted by Crippen LogP contribution is -2.32. The van der Waals surface area contributed by atoms with Crippen molar-refractivity contribution in [3.63, 3.8) is 0 Å². The first-order valence-corrected chi connectivity index (χ1v) is 7.32. The summed E-state index contributed by atoms with van der Waals surface area (Å²) < 4.78 is 5.56. The lowest BCUT2D eigenvalue weighted by Gasteiger charge is -2.27. The molecule has 0 aliphatic carbocycles. The number of ether oxygens (including phenoxy) is 1. The largest absolute Gasteiger partial charge is 0.390 e. The molecule has 2 atom stereocenters. The minimum Gasteiger partial charge on any atom is -0.390 e. The Balaban J connectivity index is 1.99. The van der Waals surface area contributed by atoms with Crippen LogP contribution in [0.4, 0.5) is 0 Å². The summed E-state index contributed by atoms with van der Waals surface area (Å²) in [5.74, 6) is 0. The molecule has 0 aromatic heterocycles. The highest BCUT2D eigenvalue weighted by molar-refractivity contribution is 9.09. The Hall–Kier alpha value is 0.400. The maximum Gasteiger partial charge on any atom is 0.0833 e. The van der Waals surface area contributed by atoms with Gasteiger partial charge in [-0.05, 0) is 32.1 Å². The first-order valence-electron chi connectivity index (χ1n) is 6.20. The molecule has 0 spiro atoms. The van der Waals surface area contributed by atoms with Crippen LogP contribution in [0.2, 0.25) is 0 Å². The molecule has 90 valence electrons. The maximum atomic E-state index is 9.90. The van der Waals surface area contributed by atoms with Gasteiger partial charge in [0.1, 0.15) is 0 Å². The second-order valence-electron chi connectivity index (χ2n) is 4.36. The Labute approximate surface area is 102 Å². The summed E-state index contributed by atoms with van der Waals surface area (Å²) in [5.41, 5.74) is 0. The molecule has 1 fully saturated rings. The van der Waals surface area contributed by atoms with E-state index in [4.69, 9.17) is 4.74 Å². The van der Waals surface area contributed by atoms with Crippen molar-refractivity contribution in [3.05, 3.63) is 0 Å². The number of aliphatic hydroxyl groups excluding tert-OH is 1. The summed E-state index contributed by atoms with van der Waals surface area (Å²) in [5, 5.41) is 11.0. The van der Waals surface area contributed by atoms with E-state index in [1.165, 1.54) is 25.7 Å². The van der Waals surface area contributed by atoms with Crippen LogP contribution in [0.5, 0.6) is 0 Å². The summed E-state index contributed by atoms with van der Waals surface area (Å²) in [6.45, 7) is 0.839. The number of halogens is 1. The summed E-state index contributed by atoms with van der Waals surface area (Å²) >= 11 is 3.42. The lowest BCUT2D eigenvalue weighted by atomic mass is 9.99. The fourth-order valence-corrected chi connectivity index (χ4v) is 2.45. The van der Waals surface area contributed by atoms with Crippen molar-refractivity contribution in [2.75, 3.05) is 11.9 Å². The Morgan fingerprint density at radius 1 is 1.20 bits per heavy atom. The predicted molar refractivity (Wildman–Crippen MR) is 66.5 cm³/mol. The molecule has 15 heavy (non-hydrogen) atoms. The van der Waals surface area contributed by atoms with Gasteiger partial charge in [-0.1, -0.05) is 35.2 Å². The average Bonchev–Trinajstić information content (AvgIpc) is 2.30. The number of rotatable bonds is 7. The predicted octanol–water partition coefficient (Wildman–Crippen LogP) is 3.26. The molecule has 0 aromatic carbocycles. The van der Waals surface area contributed by atoms with Gasteiger partial charge in [-0.25, -0.2) is 0 Å². The maximum absolute atomic E-state index is 9.90. The SMILES string of the molecule is OC(CCCCCCBr)C1CCCCO1.